The summed E-state index contributed by atoms with van der Waals surface area (Å²) < 4.78 is 36.5. The molecule has 0 saturated heterocycles. The molecule has 1 N–H and O–H groups in total. The molecule has 0 aromatic heterocycles. The second-order valence-electron chi connectivity index (χ2n) is 10.9. The van der Waals surface area contributed by atoms with Gasteiger partial charge in [-0.1, -0.05) is 53.5 Å². The first-order valence-corrected chi connectivity index (χ1v) is 16.0. The Morgan fingerprint density at radius 1 is 1.05 bits per heavy atom. The molecule has 0 fully saturated rings. The van der Waals surface area contributed by atoms with Gasteiger partial charge in [-0.25, -0.2) is 8.42 Å². The van der Waals surface area contributed by atoms with E-state index in [0.717, 1.165) is 51.6 Å². The Balaban J connectivity index is 2.81. The molecule has 0 radical (unpaired) electrons. The van der Waals surface area contributed by atoms with E-state index in [0.29, 0.717) is 49.1 Å². The zero-order valence-electron chi connectivity index (χ0n) is 24.5. The summed E-state index contributed by atoms with van der Waals surface area (Å²) in [5.41, 5.74) is -0.689. The second kappa shape index (κ2) is 14.9. The lowest BCUT2D eigenvalue weighted by Crippen LogP contribution is -2.40. The molecular weight excluding hydrogens is 500 g/mol. The Morgan fingerprint density at radius 3 is 2.18 bits per heavy atom. The maximum Gasteiger partial charge on any atom is 0.313 e. The van der Waals surface area contributed by atoms with Gasteiger partial charge in [0.15, 0.2) is 5.76 Å². The molecule has 2 rings (SSSR count). The van der Waals surface area contributed by atoms with Crippen molar-refractivity contribution in [1.82, 2.24) is 9.21 Å². The average molecular weight is 551 g/mol. The third-order valence-corrected chi connectivity index (χ3v) is 9.15. The molecule has 0 spiro atoms. The molecule has 0 bridgehead atoms. The van der Waals surface area contributed by atoms with Gasteiger partial charge < -0.3 is 14.7 Å². The predicted octanol–water partition coefficient (Wildman–Crippen LogP) is 6.82. The Bertz CT molecular complexity index is 1010. The summed E-state index contributed by atoms with van der Waals surface area (Å²) in [4.78, 5) is 14.7. The third-order valence-electron chi connectivity index (χ3n) is 7.24. The lowest BCUT2D eigenvalue weighted by molar-refractivity contribution is -0.145. The quantitative estimate of drug-likeness (QED) is 0.227. The summed E-state index contributed by atoms with van der Waals surface area (Å²) in [6.07, 6.45) is 14.6. The maximum absolute atomic E-state index is 14.2. The standard InChI is InChI=1S/C30H50N2O5S/c1-7-11-20-31(21-12-8-2)26-22-30(6,29(33)34)23-27(38(35,36)32(18-9-3)19-10-4)28(26)37-25-15-13-14-24(5)16-17-25/h15-17,23-24H,7-14,18-22H2,1-6H3,(H,33,34). The first-order chi connectivity index (χ1) is 18.0. The van der Waals surface area contributed by atoms with Crippen molar-refractivity contribution in [3.63, 3.8) is 0 Å². The van der Waals surface area contributed by atoms with Gasteiger partial charge in [-0.15, -0.1) is 0 Å². The summed E-state index contributed by atoms with van der Waals surface area (Å²) in [5.74, 6) is 0.271. The van der Waals surface area contributed by atoms with E-state index in [4.69, 9.17) is 4.74 Å². The van der Waals surface area contributed by atoms with Crippen molar-refractivity contribution in [2.45, 2.75) is 99.3 Å². The van der Waals surface area contributed by atoms with E-state index in [-0.39, 0.29) is 11.3 Å². The number of carboxylic acid groups (broad SMARTS) is 1. The smallest absolute Gasteiger partial charge is 0.313 e. The van der Waals surface area contributed by atoms with Crippen molar-refractivity contribution in [3.05, 3.63) is 46.4 Å². The number of carbonyl (C=O) groups is 1. The van der Waals surface area contributed by atoms with E-state index in [2.05, 4.69) is 31.7 Å². The molecule has 2 unspecified atom stereocenters. The van der Waals surface area contributed by atoms with Gasteiger partial charge in [0.1, 0.15) is 10.7 Å². The van der Waals surface area contributed by atoms with Crippen LogP contribution in [0, 0.1) is 11.3 Å². The minimum atomic E-state index is -4.01. The van der Waals surface area contributed by atoms with Crippen LogP contribution >= 0.6 is 0 Å². The molecule has 0 aliphatic heterocycles. The highest BCUT2D eigenvalue weighted by atomic mass is 32.2. The molecular formula is C30H50N2O5S. The van der Waals surface area contributed by atoms with Crippen molar-refractivity contribution in [1.29, 1.82) is 0 Å². The maximum atomic E-state index is 14.2. The summed E-state index contributed by atoms with van der Waals surface area (Å²) in [6, 6.07) is 0. The van der Waals surface area contributed by atoms with Gasteiger partial charge in [-0.3, -0.25) is 4.79 Å². The van der Waals surface area contributed by atoms with Gasteiger partial charge in [-0.05, 0) is 69.6 Å². The first-order valence-electron chi connectivity index (χ1n) is 14.5. The van der Waals surface area contributed by atoms with E-state index in [9.17, 15) is 18.3 Å². The SMILES string of the molecule is CCCCN(CCCC)C1=C(OC2=CCCC(C)C=C2)C(S(=O)(=O)N(CCC)CCC)=CC(C)(C(=O)O)C1. The number of nitrogens with zero attached hydrogens (tertiary/aromatic N) is 2. The molecule has 2 atom stereocenters. The predicted molar refractivity (Wildman–Crippen MR) is 155 cm³/mol. The lowest BCUT2D eigenvalue weighted by Gasteiger charge is -2.38. The van der Waals surface area contributed by atoms with Crippen molar-refractivity contribution < 1.29 is 23.1 Å². The van der Waals surface area contributed by atoms with Crippen LogP contribution in [0.5, 0.6) is 0 Å². The van der Waals surface area contributed by atoms with E-state index in [1.807, 2.05) is 26.0 Å². The molecule has 0 heterocycles. The van der Waals surface area contributed by atoms with Crippen molar-refractivity contribution in [3.8, 4) is 0 Å². The van der Waals surface area contributed by atoms with Crippen LogP contribution < -0.4 is 0 Å². The highest BCUT2D eigenvalue weighted by molar-refractivity contribution is 7.93. The highest BCUT2D eigenvalue weighted by Gasteiger charge is 2.44. The van der Waals surface area contributed by atoms with Gasteiger partial charge in [-0.2, -0.15) is 4.31 Å². The fourth-order valence-electron chi connectivity index (χ4n) is 4.84. The molecule has 8 heteroatoms. The van der Waals surface area contributed by atoms with Crippen molar-refractivity contribution in [2.75, 3.05) is 26.2 Å². The van der Waals surface area contributed by atoms with Crippen molar-refractivity contribution >= 4 is 16.0 Å². The number of hydrogen-bond donors (Lipinski definition) is 1. The zero-order chi connectivity index (χ0) is 28.3. The van der Waals surface area contributed by atoms with Gasteiger partial charge in [0.25, 0.3) is 0 Å². The lowest BCUT2D eigenvalue weighted by atomic mass is 9.81. The van der Waals surface area contributed by atoms with Crippen LogP contribution in [0.15, 0.2) is 46.4 Å². The number of ether oxygens (including phenoxy) is 1. The van der Waals surface area contributed by atoms with Crippen LogP contribution in [0.4, 0.5) is 0 Å². The fraction of sp³-hybridized carbons (Fsp3) is 0.700. The summed E-state index contributed by atoms with van der Waals surface area (Å²) in [6.45, 7) is 14.1. The molecule has 0 aromatic rings. The minimum Gasteiger partial charge on any atom is -0.481 e. The Morgan fingerprint density at radius 2 is 1.66 bits per heavy atom. The second-order valence-corrected chi connectivity index (χ2v) is 12.8. The Labute approximate surface area is 231 Å². The average Bonchev–Trinajstić information content (AvgIpc) is 3.08. The summed E-state index contributed by atoms with van der Waals surface area (Å²) in [7, 11) is -4.01. The minimum absolute atomic E-state index is 0.0184. The van der Waals surface area contributed by atoms with Crippen LogP contribution in [0.3, 0.4) is 0 Å². The van der Waals surface area contributed by atoms with Crippen LogP contribution in [0.1, 0.15) is 99.3 Å². The van der Waals surface area contributed by atoms with Gasteiger partial charge in [0.05, 0.1) is 11.1 Å². The summed E-state index contributed by atoms with van der Waals surface area (Å²) >= 11 is 0. The monoisotopic (exact) mass is 550 g/mol. The van der Waals surface area contributed by atoms with Crippen LogP contribution in [-0.4, -0.2) is 54.9 Å². The Kier molecular flexibility index (Phi) is 12.6. The van der Waals surface area contributed by atoms with Crippen LogP contribution in [0.2, 0.25) is 0 Å². The summed E-state index contributed by atoms with van der Waals surface area (Å²) in [5, 5.41) is 10.3. The fourth-order valence-corrected chi connectivity index (χ4v) is 6.77. The van der Waals surface area contributed by atoms with Gasteiger partial charge in [0.2, 0.25) is 10.0 Å². The first kappa shape index (κ1) is 32.2. The number of allylic oxidation sites excluding steroid dienone is 4. The molecule has 216 valence electrons. The van der Waals surface area contributed by atoms with E-state index >= 15 is 0 Å². The van der Waals surface area contributed by atoms with Crippen LogP contribution in [-0.2, 0) is 19.6 Å². The molecule has 2 aliphatic carbocycles. The highest BCUT2D eigenvalue weighted by Crippen LogP contribution is 2.43. The molecule has 0 aromatic carbocycles. The molecule has 7 nitrogen and oxygen atoms in total. The van der Waals surface area contributed by atoms with E-state index < -0.39 is 21.4 Å². The van der Waals surface area contributed by atoms with Gasteiger partial charge >= 0.3 is 5.97 Å². The molecule has 0 saturated carbocycles. The normalized spacial score (nSPS) is 22.2. The van der Waals surface area contributed by atoms with Crippen LogP contribution in [0.25, 0.3) is 0 Å². The zero-order valence-corrected chi connectivity index (χ0v) is 25.3. The number of rotatable bonds is 16. The molecule has 38 heavy (non-hydrogen) atoms. The number of unbranched alkanes of at least 4 members (excludes halogenated alkanes) is 2. The van der Waals surface area contributed by atoms with Crippen molar-refractivity contribution in [2.24, 2.45) is 11.3 Å². The largest absolute Gasteiger partial charge is 0.481 e. The Hall–Kier alpha value is -2.06. The van der Waals surface area contributed by atoms with Gasteiger partial charge in [0, 0.05) is 32.6 Å². The number of sulfonamides is 1. The molecule has 2 aliphatic rings. The third kappa shape index (κ3) is 8.22. The number of aliphatic carboxylic acids is 1. The topological polar surface area (TPSA) is 87.2 Å². The number of carboxylic acids is 1. The molecule has 0 amide bonds. The van der Waals surface area contributed by atoms with E-state index in [1.165, 1.54) is 10.4 Å². The number of hydrogen-bond acceptors (Lipinski definition) is 5. The van der Waals surface area contributed by atoms with E-state index in [1.54, 1.807) is 6.92 Å².